The molecule has 7 nitrogen and oxygen atoms in total. The molecule has 0 atom stereocenters. The van der Waals surface area contributed by atoms with E-state index in [-0.39, 0.29) is 12.2 Å². The molecule has 0 aliphatic heterocycles. The summed E-state index contributed by atoms with van der Waals surface area (Å²) >= 11 is 0. The minimum Gasteiger partial charge on any atom is -0.368 e. The van der Waals surface area contributed by atoms with E-state index >= 15 is 0 Å². The van der Waals surface area contributed by atoms with Gasteiger partial charge in [0.25, 0.3) is 5.91 Å². The quantitative estimate of drug-likeness (QED) is 0.661. The molecule has 22 heavy (non-hydrogen) atoms. The molecule has 0 aliphatic rings. The van der Waals surface area contributed by atoms with Gasteiger partial charge < -0.3 is 16.0 Å². The Labute approximate surface area is 125 Å². The predicted molar refractivity (Wildman–Crippen MR) is 80.9 cm³/mol. The van der Waals surface area contributed by atoms with Crippen LogP contribution < -0.4 is 11.1 Å². The number of nitrogens with one attached hydrogen (secondary N) is 2. The molecular weight excluding hydrogens is 282 g/mol. The molecule has 3 aromatic rings. The first-order chi connectivity index (χ1) is 10.6. The van der Waals surface area contributed by atoms with Gasteiger partial charge in [0.05, 0.1) is 6.54 Å². The minimum absolute atomic E-state index is 0.216. The fourth-order valence-electron chi connectivity index (χ4n) is 2.09. The Morgan fingerprint density at radius 2 is 2.05 bits per heavy atom. The van der Waals surface area contributed by atoms with Crippen LogP contribution in [0.25, 0.3) is 22.2 Å². The maximum Gasteiger partial charge on any atom is 0.270 e. The van der Waals surface area contributed by atoms with E-state index in [4.69, 9.17) is 5.73 Å². The molecule has 3 aromatic heterocycles. The van der Waals surface area contributed by atoms with Gasteiger partial charge in [-0.15, -0.1) is 0 Å². The first-order valence-corrected chi connectivity index (χ1v) is 6.59. The fraction of sp³-hybridized carbons (Fsp3) is 0.0667. The predicted octanol–water partition coefficient (Wildman–Crippen LogP) is 0.840. The zero-order chi connectivity index (χ0) is 15.5. The average molecular weight is 295 g/mol. The molecule has 0 bridgehead atoms. The van der Waals surface area contributed by atoms with Gasteiger partial charge >= 0.3 is 0 Å². The van der Waals surface area contributed by atoms with Crippen molar-refractivity contribution in [3.05, 3.63) is 48.5 Å². The third-order valence-electron chi connectivity index (χ3n) is 3.15. The van der Waals surface area contributed by atoms with E-state index < -0.39 is 11.8 Å². The lowest BCUT2D eigenvalue weighted by Crippen LogP contribution is -2.33. The van der Waals surface area contributed by atoms with Crippen molar-refractivity contribution in [1.82, 2.24) is 20.3 Å². The van der Waals surface area contributed by atoms with Crippen LogP contribution in [0.1, 0.15) is 10.5 Å². The summed E-state index contributed by atoms with van der Waals surface area (Å²) < 4.78 is 0. The van der Waals surface area contributed by atoms with Crippen molar-refractivity contribution < 1.29 is 9.59 Å². The van der Waals surface area contributed by atoms with E-state index in [0.717, 1.165) is 22.2 Å². The number of carbonyl (C=O) groups is 2. The summed E-state index contributed by atoms with van der Waals surface area (Å²) in [6.45, 7) is -0.221. The topological polar surface area (TPSA) is 114 Å². The summed E-state index contributed by atoms with van der Waals surface area (Å²) in [5, 5.41) is 3.39. The molecule has 110 valence electrons. The molecule has 4 N–H and O–H groups in total. The monoisotopic (exact) mass is 295 g/mol. The van der Waals surface area contributed by atoms with Crippen LogP contribution in [0, 0.1) is 0 Å². The summed E-state index contributed by atoms with van der Waals surface area (Å²) in [6.07, 6.45) is 5.08. The van der Waals surface area contributed by atoms with Gasteiger partial charge in [0.15, 0.2) is 0 Å². The Kier molecular flexibility index (Phi) is 3.53. The third kappa shape index (κ3) is 2.78. The van der Waals surface area contributed by atoms with Gasteiger partial charge in [-0.3, -0.25) is 14.6 Å². The number of pyridine rings is 2. The Balaban J connectivity index is 1.89. The number of carbonyl (C=O) groups excluding carboxylic acids is 2. The number of hydrogen-bond acceptors (Lipinski definition) is 4. The number of H-pyrrole nitrogens is 1. The summed E-state index contributed by atoms with van der Waals surface area (Å²) in [5.41, 5.74) is 7.70. The second kappa shape index (κ2) is 5.65. The number of rotatable bonds is 4. The molecular formula is C15H13N5O2. The molecule has 0 fully saturated rings. The average Bonchev–Trinajstić information content (AvgIpc) is 3.00. The highest BCUT2D eigenvalue weighted by Gasteiger charge is 2.10. The molecule has 3 heterocycles. The molecule has 0 aliphatic carbocycles. The third-order valence-corrected chi connectivity index (χ3v) is 3.15. The maximum atomic E-state index is 11.9. The van der Waals surface area contributed by atoms with Crippen LogP contribution in [0.3, 0.4) is 0 Å². The molecule has 0 saturated heterocycles. The minimum atomic E-state index is -0.605. The summed E-state index contributed by atoms with van der Waals surface area (Å²) in [5.74, 6) is -1.05. The lowest BCUT2D eigenvalue weighted by Gasteiger charge is -2.05. The van der Waals surface area contributed by atoms with Crippen molar-refractivity contribution in [2.24, 2.45) is 5.73 Å². The Morgan fingerprint density at radius 3 is 2.86 bits per heavy atom. The van der Waals surface area contributed by atoms with Crippen molar-refractivity contribution in [3.63, 3.8) is 0 Å². The van der Waals surface area contributed by atoms with Gasteiger partial charge in [-0.25, -0.2) is 4.98 Å². The van der Waals surface area contributed by atoms with Crippen molar-refractivity contribution in [2.45, 2.75) is 0 Å². The first-order valence-electron chi connectivity index (χ1n) is 6.59. The highest BCUT2D eigenvalue weighted by atomic mass is 16.2. The number of amides is 2. The van der Waals surface area contributed by atoms with E-state index in [9.17, 15) is 9.59 Å². The SMILES string of the molecule is NC(=O)CNC(=O)c1cc(-c2cnc3[nH]ccc3c2)ccn1. The van der Waals surface area contributed by atoms with Crippen molar-refractivity contribution in [1.29, 1.82) is 0 Å². The molecule has 0 spiro atoms. The largest absolute Gasteiger partial charge is 0.368 e. The standard InChI is InChI=1S/C15H13N5O2/c16-13(21)8-20-15(22)12-6-9(1-3-17-12)11-5-10-2-4-18-14(10)19-7-11/h1-7H,8H2,(H2,16,21)(H,18,19)(H,20,22). The number of nitrogens with two attached hydrogens (primary N) is 1. The number of hydrogen-bond donors (Lipinski definition) is 3. The van der Waals surface area contributed by atoms with Crippen LogP contribution in [0.4, 0.5) is 0 Å². The van der Waals surface area contributed by atoms with Gasteiger partial charge in [0.2, 0.25) is 5.91 Å². The van der Waals surface area contributed by atoms with Crippen LogP contribution in [0.15, 0.2) is 42.9 Å². The number of aromatic nitrogens is 3. The van der Waals surface area contributed by atoms with Gasteiger partial charge in [0.1, 0.15) is 11.3 Å². The highest BCUT2D eigenvalue weighted by molar-refractivity contribution is 5.95. The van der Waals surface area contributed by atoms with Crippen LogP contribution in [-0.4, -0.2) is 33.3 Å². The van der Waals surface area contributed by atoms with Gasteiger partial charge in [0, 0.05) is 29.5 Å². The van der Waals surface area contributed by atoms with E-state index in [1.807, 2.05) is 18.3 Å². The van der Waals surface area contributed by atoms with Crippen LogP contribution in [0.5, 0.6) is 0 Å². The van der Waals surface area contributed by atoms with E-state index in [0.29, 0.717) is 0 Å². The summed E-state index contributed by atoms with van der Waals surface area (Å²) in [7, 11) is 0. The van der Waals surface area contributed by atoms with E-state index in [2.05, 4.69) is 20.3 Å². The fourth-order valence-corrected chi connectivity index (χ4v) is 2.09. The van der Waals surface area contributed by atoms with Crippen LogP contribution >= 0.6 is 0 Å². The van der Waals surface area contributed by atoms with Gasteiger partial charge in [-0.2, -0.15) is 0 Å². The van der Waals surface area contributed by atoms with E-state index in [1.165, 1.54) is 6.20 Å². The zero-order valence-corrected chi connectivity index (χ0v) is 11.5. The van der Waals surface area contributed by atoms with E-state index in [1.54, 1.807) is 18.3 Å². The lowest BCUT2D eigenvalue weighted by atomic mass is 10.1. The van der Waals surface area contributed by atoms with Gasteiger partial charge in [-0.1, -0.05) is 0 Å². The normalized spacial score (nSPS) is 10.5. The second-order valence-corrected chi connectivity index (χ2v) is 4.72. The second-order valence-electron chi connectivity index (χ2n) is 4.72. The number of nitrogens with zero attached hydrogens (tertiary/aromatic N) is 2. The zero-order valence-electron chi connectivity index (χ0n) is 11.5. The number of primary amides is 1. The number of fused-ring (bicyclic) bond motifs is 1. The smallest absolute Gasteiger partial charge is 0.270 e. The molecule has 0 saturated carbocycles. The highest BCUT2D eigenvalue weighted by Crippen LogP contribution is 2.22. The maximum absolute atomic E-state index is 11.9. The molecule has 0 aromatic carbocycles. The van der Waals surface area contributed by atoms with Crippen molar-refractivity contribution >= 4 is 22.8 Å². The number of aromatic amines is 1. The Morgan fingerprint density at radius 1 is 1.18 bits per heavy atom. The molecule has 0 unspecified atom stereocenters. The summed E-state index contributed by atoms with van der Waals surface area (Å²) in [6, 6.07) is 7.33. The van der Waals surface area contributed by atoms with Gasteiger partial charge in [-0.05, 0) is 29.8 Å². The Bertz CT molecular complexity index is 856. The first kappa shape index (κ1) is 13.7. The van der Waals surface area contributed by atoms with Crippen molar-refractivity contribution in [2.75, 3.05) is 6.54 Å². The summed E-state index contributed by atoms with van der Waals surface area (Å²) in [4.78, 5) is 33.9. The molecule has 7 heteroatoms. The molecule has 3 rings (SSSR count). The van der Waals surface area contributed by atoms with Crippen LogP contribution in [-0.2, 0) is 4.79 Å². The Hall–Kier alpha value is -3.22. The molecule has 2 amide bonds. The lowest BCUT2D eigenvalue weighted by molar-refractivity contribution is -0.117. The van der Waals surface area contributed by atoms with Crippen LogP contribution in [0.2, 0.25) is 0 Å². The van der Waals surface area contributed by atoms with Crippen molar-refractivity contribution in [3.8, 4) is 11.1 Å². The molecule has 0 radical (unpaired) electrons.